The van der Waals surface area contributed by atoms with Gasteiger partial charge in [-0.2, -0.15) is 0 Å². The van der Waals surface area contributed by atoms with Gasteiger partial charge in [0.05, 0.1) is 18.1 Å². The normalized spacial score (nSPS) is 10.5. The summed E-state index contributed by atoms with van der Waals surface area (Å²) in [6, 6.07) is 6.33. The zero-order chi connectivity index (χ0) is 16.4. The molecule has 0 saturated carbocycles. The molecule has 0 aliphatic carbocycles. The summed E-state index contributed by atoms with van der Waals surface area (Å²) in [6.45, 7) is 0. The first-order valence-corrected chi connectivity index (χ1v) is 6.38. The van der Waals surface area contributed by atoms with E-state index in [4.69, 9.17) is 4.42 Å². The van der Waals surface area contributed by atoms with E-state index in [2.05, 4.69) is 10.3 Å². The van der Waals surface area contributed by atoms with Gasteiger partial charge in [-0.15, -0.1) is 0 Å². The van der Waals surface area contributed by atoms with Gasteiger partial charge < -0.3 is 14.3 Å². The van der Waals surface area contributed by atoms with Crippen molar-refractivity contribution in [1.29, 1.82) is 0 Å². The molecule has 1 N–H and O–H groups in total. The minimum absolute atomic E-state index is 0.190. The molecule has 1 amide bonds. The molecule has 0 aliphatic rings. The maximum Gasteiger partial charge on any atom is 0.433 e. The van der Waals surface area contributed by atoms with Crippen molar-refractivity contribution in [3.05, 3.63) is 70.7 Å². The minimum Gasteiger partial charge on any atom is -0.395 e. The zero-order valence-electron chi connectivity index (χ0n) is 11.5. The van der Waals surface area contributed by atoms with Gasteiger partial charge in [0, 0.05) is 18.1 Å². The number of hydrogen-bond acceptors (Lipinski definition) is 5. The molecule has 0 saturated heterocycles. The molecule has 1 aromatic carbocycles. The summed E-state index contributed by atoms with van der Waals surface area (Å²) in [5, 5.41) is 12.9. The number of halogens is 1. The average molecular weight is 316 g/mol. The monoisotopic (exact) mass is 316 g/mol. The number of amides is 1. The van der Waals surface area contributed by atoms with Gasteiger partial charge in [0.15, 0.2) is 5.76 Å². The van der Waals surface area contributed by atoms with Crippen molar-refractivity contribution in [3.8, 4) is 5.69 Å². The van der Waals surface area contributed by atoms with E-state index in [0.29, 0.717) is 0 Å². The standard InChI is InChI=1S/C14H9FN4O4/c15-10-7-9(1-2-11(10)18-6-5-16-8-18)17-14(20)12-3-4-13(23-12)19(21)22/h1-8H,(H,17,20). The molecule has 0 aliphatic heterocycles. The Morgan fingerprint density at radius 1 is 1.35 bits per heavy atom. The summed E-state index contributed by atoms with van der Waals surface area (Å²) < 4.78 is 20.3. The summed E-state index contributed by atoms with van der Waals surface area (Å²) in [6.07, 6.45) is 4.54. The summed E-state index contributed by atoms with van der Waals surface area (Å²) >= 11 is 0. The van der Waals surface area contributed by atoms with Crippen LogP contribution in [-0.4, -0.2) is 20.4 Å². The second-order valence-corrected chi connectivity index (χ2v) is 4.49. The van der Waals surface area contributed by atoms with Crippen LogP contribution in [0, 0.1) is 15.9 Å². The van der Waals surface area contributed by atoms with E-state index in [0.717, 1.165) is 12.1 Å². The third-order valence-corrected chi connectivity index (χ3v) is 2.98. The lowest BCUT2D eigenvalue weighted by Gasteiger charge is -2.07. The van der Waals surface area contributed by atoms with Gasteiger partial charge in [-0.1, -0.05) is 0 Å². The van der Waals surface area contributed by atoms with E-state index in [1.54, 1.807) is 6.20 Å². The summed E-state index contributed by atoms with van der Waals surface area (Å²) in [7, 11) is 0. The van der Waals surface area contributed by atoms with Crippen LogP contribution in [0.1, 0.15) is 10.6 Å². The number of rotatable bonds is 4. The summed E-state index contributed by atoms with van der Waals surface area (Å²) in [5.41, 5.74) is 0.463. The Morgan fingerprint density at radius 2 is 2.17 bits per heavy atom. The Bertz CT molecular complexity index is 873. The zero-order valence-corrected chi connectivity index (χ0v) is 11.5. The number of furan rings is 1. The molecule has 0 atom stereocenters. The van der Waals surface area contributed by atoms with E-state index in [9.17, 15) is 19.3 Å². The van der Waals surface area contributed by atoms with Gasteiger partial charge in [0.2, 0.25) is 0 Å². The second kappa shape index (κ2) is 5.72. The first-order chi connectivity index (χ1) is 11.0. The molecule has 2 heterocycles. The van der Waals surface area contributed by atoms with E-state index in [-0.39, 0.29) is 17.1 Å². The van der Waals surface area contributed by atoms with Crippen molar-refractivity contribution in [2.24, 2.45) is 0 Å². The molecule has 0 radical (unpaired) electrons. The van der Waals surface area contributed by atoms with Crippen LogP contribution >= 0.6 is 0 Å². The number of nitro groups is 1. The number of aromatic nitrogens is 2. The highest BCUT2D eigenvalue weighted by Crippen LogP contribution is 2.20. The molecule has 9 heteroatoms. The molecule has 3 rings (SSSR count). The third-order valence-electron chi connectivity index (χ3n) is 2.98. The lowest BCUT2D eigenvalue weighted by atomic mass is 10.2. The minimum atomic E-state index is -0.754. The van der Waals surface area contributed by atoms with E-state index >= 15 is 0 Å². The highest BCUT2D eigenvalue weighted by Gasteiger charge is 2.17. The van der Waals surface area contributed by atoms with Crippen LogP contribution in [0.3, 0.4) is 0 Å². The molecule has 0 bridgehead atoms. The summed E-state index contributed by atoms with van der Waals surface area (Å²) in [5.74, 6) is -2.06. The lowest BCUT2D eigenvalue weighted by Crippen LogP contribution is -2.11. The Labute approximate surface area is 128 Å². The summed E-state index contributed by atoms with van der Waals surface area (Å²) in [4.78, 5) is 25.5. The van der Waals surface area contributed by atoms with Crippen LogP contribution in [0.2, 0.25) is 0 Å². The molecule has 0 spiro atoms. The van der Waals surface area contributed by atoms with Gasteiger partial charge in [-0.3, -0.25) is 14.9 Å². The highest BCUT2D eigenvalue weighted by molar-refractivity contribution is 6.02. The van der Waals surface area contributed by atoms with Crippen LogP contribution in [-0.2, 0) is 0 Å². The maximum absolute atomic E-state index is 14.1. The molecule has 0 unspecified atom stereocenters. The average Bonchev–Trinajstić information content (AvgIpc) is 3.19. The second-order valence-electron chi connectivity index (χ2n) is 4.49. The number of nitrogens with zero attached hydrogens (tertiary/aromatic N) is 3. The quantitative estimate of drug-likeness (QED) is 0.589. The molecule has 2 aromatic heterocycles. The molecular weight excluding hydrogens is 307 g/mol. The van der Waals surface area contributed by atoms with E-state index in [1.165, 1.54) is 35.3 Å². The number of imidazole rings is 1. The number of nitrogens with one attached hydrogen (secondary N) is 1. The van der Waals surface area contributed by atoms with Crippen LogP contribution in [0.5, 0.6) is 0 Å². The molecule has 116 valence electrons. The highest BCUT2D eigenvalue weighted by atomic mass is 19.1. The Balaban J connectivity index is 1.78. The predicted octanol–water partition coefficient (Wildman–Crippen LogP) is 2.76. The first kappa shape index (κ1) is 14.4. The number of anilines is 1. The van der Waals surface area contributed by atoms with Gasteiger partial charge in [-0.05, 0) is 24.3 Å². The molecule has 23 heavy (non-hydrogen) atoms. The van der Waals surface area contributed by atoms with Crippen LogP contribution in [0.15, 0.2) is 53.5 Å². The molecule has 0 fully saturated rings. The van der Waals surface area contributed by atoms with Crippen LogP contribution in [0.25, 0.3) is 5.69 Å². The maximum atomic E-state index is 14.1. The fourth-order valence-corrected chi connectivity index (χ4v) is 1.94. The lowest BCUT2D eigenvalue weighted by molar-refractivity contribution is -0.402. The first-order valence-electron chi connectivity index (χ1n) is 6.38. The van der Waals surface area contributed by atoms with E-state index < -0.39 is 22.5 Å². The Hall–Kier alpha value is -3.49. The van der Waals surface area contributed by atoms with E-state index in [1.807, 2.05) is 0 Å². The largest absolute Gasteiger partial charge is 0.433 e. The Kier molecular flexibility index (Phi) is 3.59. The molecule has 3 aromatic rings. The van der Waals surface area contributed by atoms with Gasteiger partial charge in [0.1, 0.15) is 10.7 Å². The van der Waals surface area contributed by atoms with Crippen molar-refractivity contribution in [2.45, 2.75) is 0 Å². The molecular formula is C14H9FN4O4. The van der Waals surface area contributed by atoms with Crippen LogP contribution in [0.4, 0.5) is 16.0 Å². The van der Waals surface area contributed by atoms with Crippen molar-refractivity contribution in [1.82, 2.24) is 9.55 Å². The van der Waals surface area contributed by atoms with Crippen molar-refractivity contribution < 1.29 is 18.5 Å². The fraction of sp³-hybridized carbons (Fsp3) is 0. The SMILES string of the molecule is O=C(Nc1ccc(-n2ccnc2)c(F)c1)c1ccc([N+](=O)[O-])o1. The van der Waals surface area contributed by atoms with Crippen LogP contribution < -0.4 is 5.32 Å². The Morgan fingerprint density at radius 3 is 2.78 bits per heavy atom. The molecule has 8 nitrogen and oxygen atoms in total. The third kappa shape index (κ3) is 2.93. The topological polar surface area (TPSA) is 103 Å². The predicted molar refractivity (Wildman–Crippen MR) is 76.8 cm³/mol. The number of carbonyl (C=O) groups excluding carboxylic acids is 1. The van der Waals surface area contributed by atoms with Crippen molar-refractivity contribution in [2.75, 3.05) is 5.32 Å². The number of benzene rings is 1. The van der Waals surface area contributed by atoms with Gasteiger partial charge >= 0.3 is 5.88 Å². The van der Waals surface area contributed by atoms with Gasteiger partial charge in [0.25, 0.3) is 5.91 Å². The van der Waals surface area contributed by atoms with Crippen molar-refractivity contribution in [3.63, 3.8) is 0 Å². The number of hydrogen-bond donors (Lipinski definition) is 1. The van der Waals surface area contributed by atoms with Gasteiger partial charge in [-0.25, -0.2) is 9.37 Å². The fourth-order valence-electron chi connectivity index (χ4n) is 1.94. The smallest absolute Gasteiger partial charge is 0.395 e. The number of carbonyl (C=O) groups is 1. The van der Waals surface area contributed by atoms with Crippen molar-refractivity contribution >= 4 is 17.5 Å².